The van der Waals surface area contributed by atoms with Crippen LogP contribution in [0.5, 0.6) is 0 Å². The van der Waals surface area contributed by atoms with E-state index >= 15 is 8.78 Å². The number of nitrogens with zero attached hydrogens (tertiary/aromatic N) is 3. The molecule has 3 N–H and O–H groups in total. The Morgan fingerprint density at radius 3 is 2.55 bits per heavy atom. The number of ether oxygens (including phenoxy) is 1. The van der Waals surface area contributed by atoms with Gasteiger partial charge >= 0.3 is 17.9 Å². The number of amides is 3. The van der Waals surface area contributed by atoms with Crippen LogP contribution in [0.15, 0.2) is 36.7 Å². The highest BCUT2D eigenvalue weighted by atomic mass is 19.3. The highest BCUT2D eigenvalue weighted by molar-refractivity contribution is 6.39. The lowest BCUT2D eigenvalue weighted by atomic mass is 9.76. The van der Waals surface area contributed by atoms with E-state index in [2.05, 4.69) is 25.8 Å². The monoisotopic (exact) mass is 556 g/mol. The van der Waals surface area contributed by atoms with Crippen molar-refractivity contribution in [1.82, 2.24) is 20.1 Å². The number of aromatic nitrogens is 3. The van der Waals surface area contributed by atoms with E-state index in [1.165, 1.54) is 24.9 Å². The van der Waals surface area contributed by atoms with E-state index in [0.717, 1.165) is 5.52 Å². The summed E-state index contributed by atoms with van der Waals surface area (Å²) in [6, 6.07) is 5.63. The first-order valence-electron chi connectivity index (χ1n) is 13.0. The molecule has 3 heterocycles. The van der Waals surface area contributed by atoms with Crippen LogP contribution in [0, 0.1) is 5.41 Å². The lowest BCUT2D eigenvalue weighted by Crippen LogP contribution is -2.57. The zero-order chi connectivity index (χ0) is 29.5. The molecule has 1 aromatic carbocycles. The largest absolute Gasteiger partial charge is 0.444 e. The van der Waals surface area contributed by atoms with E-state index in [1.807, 2.05) is 6.92 Å². The summed E-state index contributed by atoms with van der Waals surface area (Å²) in [5, 5.41) is 12.6. The van der Waals surface area contributed by atoms with E-state index < -0.39 is 47.3 Å². The van der Waals surface area contributed by atoms with E-state index in [0.29, 0.717) is 22.9 Å². The van der Waals surface area contributed by atoms with Crippen molar-refractivity contribution in [2.75, 3.05) is 17.2 Å². The number of halogens is 2. The molecule has 3 aromatic rings. The van der Waals surface area contributed by atoms with Crippen LogP contribution in [-0.2, 0) is 20.7 Å². The Labute approximate surface area is 230 Å². The number of alkyl halides is 2. The van der Waals surface area contributed by atoms with E-state index in [9.17, 15) is 14.4 Å². The van der Waals surface area contributed by atoms with Crippen LogP contribution in [0.1, 0.15) is 65.1 Å². The quantitative estimate of drug-likeness (QED) is 0.367. The van der Waals surface area contributed by atoms with Crippen LogP contribution >= 0.6 is 0 Å². The molecule has 0 radical (unpaired) electrons. The summed E-state index contributed by atoms with van der Waals surface area (Å²) in [6.07, 6.45) is 2.03. The van der Waals surface area contributed by atoms with E-state index in [-0.39, 0.29) is 18.1 Å². The van der Waals surface area contributed by atoms with Gasteiger partial charge in [-0.1, -0.05) is 26.8 Å². The predicted octanol–water partition coefficient (Wildman–Crippen LogP) is 5.44. The van der Waals surface area contributed by atoms with Crippen molar-refractivity contribution in [3.8, 4) is 0 Å². The number of H-pyrrole nitrogens is 1. The second-order valence-electron chi connectivity index (χ2n) is 11.6. The summed E-state index contributed by atoms with van der Waals surface area (Å²) in [5.41, 5.74) is -0.210. The molecule has 0 spiro atoms. The maximum atomic E-state index is 15.2. The third kappa shape index (κ3) is 6.05. The Morgan fingerprint density at radius 1 is 1.15 bits per heavy atom. The fourth-order valence-corrected chi connectivity index (χ4v) is 4.64. The van der Waals surface area contributed by atoms with Crippen LogP contribution < -0.4 is 10.6 Å². The molecule has 0 unspecified atom stereocenters. The maximum absolute atomic E-state index is 15.2. The van der Waals surface area contributed by atoms with Crippen molar-refractivity contribution >= 4 is 40.3 Å². The molecule has 1 fully saturated rings. The number of hydrogen-bond donors (Lipinski definition) is 3. The number of benzene rings is 1. The smallest absolute Gasteiger partial charge is 0.413 e. The van der Waals surface area contributed by atoms with E-state index in [1.54, 1.807) is 51.2 Å². The Balaban J connectivity index is 1.56. The average molecular weight is 557 g/mol. The van der Waals surface area contributed by atoms with Gasteiger partial charge < -0.3 is 15.0 Å². The average Bonchev–Trinajstić information content (AvgIpc) is 3.32. The summed E-state index contributed by atoms with van der Waals surface area (Å²) in [6.45, 7) is 9.50. The molecule has 0 aliphatic carbocycles. The van der Waals surface area contributed by atoms with Gasteiger partial charge in [0.25, 0.3) is 5.92 Å². The van der Waals surface area contributed by atoms with Gasteiger partial charge in [0.15, 0.2) is 0 Å². The minimum atomic E-state index is -3.08. The zero-order valence-corrected chi connectivity index (χ0v) is 23.4. The molecule has 1 aliphatic rings. The van der Waals surface area contributed by atoms with Crippen molar-refractivity contribution in [2.24, 2.45) is 5.41 Å². The van der Waals surface area contributed by atoms with Crippen LogP contribution in [-0.4, -0.2) is 56.1 Å². The number of carbonyl (C=O) groups excluding carboxylic acids is 3. The van der Waals surface area contributed by atoms with Gasteiger partial charge in [-0.25, -0.2) is 18.6 Å². The Hall–Kier alpha value is -4.09. The summed E-state index contributed by atoms with van der Waals surface area (Å²) in [5.74, 6) is -4.73. The number of rotatable bonds is 4. The first-order valence-corrected chi connectivity index (χ1v) is 13.0. The Kier molecular flexibility index (Phi) is 7.57. The van der Waals surface area contributed by atoms with Crippen LogP contribution in [0.4, 0.5) is 25.1 Å². The lowest BCUT2D eigenvalue weighted by molar-refractivity contribution is -0.180. The molecular formula is C28H34F2N6O4. The van der Waals surface area contributed by atoms with Crippen molar-refractivity contribution in [3.05, 3.63) is 47.8 Å². The highest BCUT2D eigenvalue weighted by Gasteiger charge is 2.55. The third-order valence-electron chi connectivity index (χ3n) is 6.91. The summed E-state index contributed by atoms with van der Waals surface area (Å²) in [4.78, 5) is 44.2. The first-order chi connectivity index (χ1) is 18.6. The second-order valence-corrected chi connectivity index (χ2v) is 11.6. The van der Waals surface area contributed by atoms with Crippen molar-refractivity contribution in [2.45, 2.75) is 71.9 Å². The van der Waals surface area contributed by atoms with Crippen LogP contribution in [0.2, 0.25) is 0 Å². The van der Waals surface area contributed by atoms with Crippen LogP contribution in [0.3, 0.4) is 0 Å². The number of carbonyl (C=O) groups is 3. The number of nitrogens with one attached hydrogen (secondary N) is 3. The van der Waals surface area contributed by atoms with Gasteiger partial charge in [-0.05, 0) is 56.5 Å². The third-order valence-corrected chi connectivity index (χ3v) is 6.91. The van der Waals surface area contributed by atoms with Crippen molar-refractivity contribution in [3.63, 3.8) is 0 Å². The molecule has 1 atom stereocenters. The normalized spacial score (nSPS) is 18.3. The highest BCUT2D eigenvalue weighted by Crippen LogP contribution is 2.49. The number of pyridine rings is 1. The summed E-state index contributed by atoms with van der Waals surface area (Å²) >= 11 is 0. The lowest BCUT2D eigenvalue weighted by Gasteiger charge is -2.48. The molecular weight excluding hydrogens is 522 g/mol. The summed E-state index contributed by atoms with van der Waals surface area (Å²) in [7, 11) is 0. The molecule has 1 saturated heterocycles. The standard InChI is InChI=1S/C28H34F2N6O4/c1-7-16-11-19(14-31-22(16)34-25(39)40-26(2,3)4)33-23(37)24(38)36-15-27(5,6)28(29,30)12-21(36)17-8-9-20-18(10-17)13-32-35-20/h8-11,13-14,21H,7,12,15H2,1-6H3,(H,32,35)(H,33,37)(H,31,34,39)/t21-/m0/s1. The first kappa shape index (κ1) is 28.9. The Bertz CT molecular complexity index is 1450. The van der Waals surface area contributed by atoms with Gasteiger partial charge in [0.1, 0.15) is 11.4 Å². The van der Waals surface area contributed by atoms with Gasteiger partial charge in [0, 0.05) is 23.8 Å². The topological polar surface area (TPSA) is 129 Å². The fraction of sp³-hybridized carbons (Fsp3) is 0.464. The number of hydrogen-bond acceptors (Lipinski definition) is 6. The number of piperidine rings is 1. The molecule has 3 amide bonds. The molecule has 10 nitrogen and oxygen atoms in total. The number of aromatic amines is 1. The summed E-state index contributed by atoms with van der Waals surface area (Å²) < 4.78 is 35.6. The van der Waals surface area contributed by atoms with Crippen LogP contribution in [0.25, 0.3) is 10.9 Å². The molecule has 1 aliphatic heterocycles. The van der Waals surface area contributed by atoms with Crippen molar-refractivity contribution in [1.29, 1.82) is 0 Å². The maximum Gasteiger partial charge on any atom is 0.413 e. The Morgan fingerprint density at radius 2 is 1.88 bits per heavy atom. The number of aryl methyl sites for hydroxylation is 1. The SMILES string of the molecule is CCc1cc(NC(=O)C(=O)N2CC(C)(C)C(F)(F)C[C@H]2c2ccc3[nH]ncc3c2)cnc1NC(=O)OC(C)(C)C. The number of likely N-dealkylation sites (tertiary alicyclic amines) is 1. The van der Waals surface area contributed by atoms with Gasteiger partial charge in [0.2, 0.25) is 0 Å². The molecule has 0 bridgehead atoms. The molecule has 2 aromatic heterocycles. The number of fused-ring (bicyclic) bond motifs is 1. The van der Waals surface area contributed by atoms with Gasteiger partial charge in [-0.15, -0.1) is 0 Å². The minimum absolute atomic E-state index is 0.225. The second kappa shape index (κ2) is 10.5. The van der Waals surface area contributed by atoms with Gasteiger partial charge in [-0.3, -0.25) is 20.0 Å². The minimum Gasteiger partial charge on any atom is -0.444 e. The fourth-order valence-electron chi connectivity index (χ4n) is 4.64. The number of anilines is 2. The molecule has 40 heavy (non-hydrogen) atoms. The van der Waals surface area contributed by atoms with Gasteiger partial charge in [0.05, 0.1) is 29.6 Å². The zero-order valence-electron chi connectivity index (χ0n) is 23.4. The van der Waals surface area contributed by atoms with Gasteiger partial charge in [-0.2, -0.15) is 5.10 Å². The molecule has 12 heteroatoms. The predicted molar refractivity (Wildman–Crippen MR) is 146 cm³/mol. The van der Waals surface area contributed by atoms with E-state index in [4.69, 9.17) is 4.74 Å². The van der Waals surface area contributed by atoms with Crippen molar-refractivity contribution < 1.29 is 27.9 Å². The molecule has 214 valence electrons. The molecule has 4 rings (SSSR count). The molecule has 0 saturated carbocycles.